The Balaban J connectivity index is 3.40. The van der Waals surface area contributed by atoms with Crippen molar-refractivity contribution in [3.05, 3.63) is 23.3 Å². The van der Waals surface area contributed by atoms with Gasteiger partial charge in [0.1, 0.15) is 0 Å². The zero-order valence-electron chi connectivity index (χ0n) is 9.90. The Labute approximate surface area is 106 Å². The fourth-order valence-electron chi connectivity index (χ4n) is 1.66. The van der Waals surface area contributed by atoms with Gasteiger partial charge in [-0.3, -0.25) is 0 Å². The molecule has 1 aromatic rings. The van der Waals surface area contributed by atoms with E-state index >= 15 is 0 Å². The van der Waals surface area contributed by atoms with Crippen LogP contribution in [0.2, 0.25) is 0 Å². The number of phenolic OH excluding ortho intramolecular Hbond substituents is 1. The summed E-state index contributed by atoms with van der Waals surface area (Å²) in [5.74, 6) is -0.252. The van der Waals surface area contributed by atoms with E-state index in [1.54, 1.807) is 12.1 Å². The molecular weight excluding hydrogens is 264 g/mol. The number of aromatic hydroxyl groups is 1. The zero-order chi connectivity index (χ0) is 13.2. The summed E-state index contributed by atoms with van der Waals surface area (Å²) in [6, 6.07) is 3.34. The molecule has 0 unspecified atom stereocenters. The molecular formula is C11H15ClO4S. The van der Waals surface area contributed by atoms with E-state index < -0.39 is 14.8 Å². The van der Waals surface area contributed by atoms with Crippen LogP contribution in [0.1, 0.15) is 30.9 Å². The second-order valence-electron chi connectivity index (χ2n) is 4.02. The molecule has 0 atom stereocenters. The maximum atomic E-state index is 11.1. The van der Waals surface area contributed by atoms with Crippen LogP contribution in [0.4, 0.5) is 0 Å². The van der Waals surface area contributed by atoms with Gasteiger partial charge in [-0.05, 0) is 17.5 Å². The molecule has 0 aliphatic heterocycles. The van der Waals surface area contributed by atoms with Gasteiger partial charge in [-0.25, -0.2) is 8.42 Å². The van der Waals surface area contributed by atoms with E-state index in [2.05, 4.69) is 0 Å². The first kappa shape index (κ1) is 14.1. The summed E-state index contributed by atoms with van der Waals surface area (Å²) in [5.41, 5.74) is 1.04. The third kappa shape index (κ3) is 3.51. The summed E-state index contributed by atoms with van der Waals surface area (Å²) in [7, 11) is 2.91. The molecule has 0 radical (unpaired) electrons. The van der Waals surface area contributed by atoms with E-state index in [9.17, 15) is 13.5 Å². The standard InChI is InChI=1S/C11H15ClO4S/c1-7(2)8-4-5-10(16-3)11(13)9(8)6-17(12,14)15/h4-5,7,13H,6H2,1-3H3. The molecule has 0 aliphatic rings. The Bertz CT molecular complexity index is 508. The van der Waals surface area contributed by atoms with Crippen molar-refractivity contribution in [2.75, 3.05) is 7.11 Å². The van der Waals surface area contributed by atoms with Gasteiger partial charge in [0.25, 0.3) is 0 Å². The number of halogens is 1. The highest BCUT2D eigenvalue weighted by atomic mass is 35.7. The highest BCUT2D eigenvalue weighted by Crippen LogP contribution is 2.36. The van der Waals surface area contributed by atoms with Crippen molar-refractivity contribution >= 4 is 19.7 Å². The van der Waals surface area contributed by atoms with E-state index in [0.29, 0.717) is 5.56 Å². The van der Waals surface area contributed by atoms with Crippen molar-refractivity contribution in [2.45, 2.75) is 25.5 Å². The molecule has 0 heterocycles. The molecule has 4 nitrogen and oxygen atoms in total. The third-order valence-corrected chi connectivity index (χ3v) is 3.40. The summed E-state index contributed by atoms with van der Waals surface area (Å²) < 4.78 is 27.2. The Morgan fingerprint density at radius 2 is 2.00 bits per heavy atom. The first-order valence-corrected chi connectivity index (χ1v) is 7.55. The maximum Gasteiger partial charge on any atom is 0.236 e. The summed E-state index contributed by atoms with van der Waals surface area (Å²) >= 11 is 0. The largest absolute Gasteiger partial charge is 0.504 e. The number of benzene rings is 1. The fourth-order valence-corrected chi connectivity index (χ4v) is 2.64. The van der Waals surface area contributed by atoms with Crippen LogP contribution in [-0.4, -0.2) is 20.6 Å². The molecule has 1 N–H and O–H groups in total. The predicted molar refractivity (Wildman–Crippen MR) is 67.2 cm³/mol. The van der Waals surface area contributed by atoms with Crippen LogP contribution in [-0.2, 0) is 14.8 Å². The second kappa shape index (κ2) is 5.14. The van der Waals surface area contributed by atoms with Gasteiger partial charge in [0.05, 0.1) is 12.9 Å². The average Bonchev–Trinajstić information content (AvgIpc) is 2.18. The maximum absolute atomic E-state index is 11.1. The smallest absolute Gasteiger partial charge is 0.236 e. The van der Waals surface area contributed by atoms with E-state index in [1.165, 1.54) is 7.11 Å². The Morgan fingerprint density at radius 3 is 2.41 bits per heavy atom. The van der Waals surface area contributed by atoms with Crippen molar-refractivity contribution in [1.82, 2.24) is 0 Å². The molecule has 0 bridgehead atoms. The Kier molecular flexibility index (Phi) is 4.27. The van der Waals surface area contributed by atoms with Gasteiger partial charge in [-0.2, -0.15) is 0 Å². The van der Waals surface area contributed by atoms with Gasteiger partial charge in [0.15, 0.2) is 11.5 Å². The number of ether oxygens (including phenoxy) is 1. The molecule has 17 heavy (non-hydrogen) atoms. The number of hydrogen-bond acceptors (Lipinski definition) is 4. The molecule has 0 spiro atoms. The van der Waals surface area contributed by atoms with Gasteiger partial charge < -0.3 is 9.84 Å². The van der Waals surface area contributed by atoms with Crippen molar-refractivity contribution in [1.29, 1.82) is 0 Å². The molecule has 0 amide bonds. The molecule has 6 heteroatoms. The van der Waals surface area contributed by atoms with Gasteiger partial charge in [0.2, 0.25) is 9.05 Å². The summed E-state index contributed by atoms with van der Waals surface area (Å²) in [6.45, 7) is 3.82. The first-order valence-electron chi connectivity index (χ1n) is 5.07. The lowest BCUT2D eigenvalue weighted by Crippen LogP contribution is -2.03. The van der Waals surface area contributed by atoms with Crippen LogP contribution >= 0.6 is 10.7 Å². The van der Waals surface area contributed by atoms with Crippen molar-refractivity contribution in [3.8, 4) is 11.5 Å². The monoisotopic (exact) mass is 278 g/mol. The molecule has 0 fully saturated rings. The zero-order valence-corrected chi connectivity index (χ0v) is 11.5. The quantitative estimate of drug-likeness (QED) is 0.860. The van der Waals surface area contributed by atoms with Crippen LogP contribution in [0.25, 0.3) is 0 Å². The van der Waals surface area contributed by atoms with Gasteiger partial charge in [-0.15, -0.1) is 0 Å². The molecule has 1 aromatic carbocycles. The minimum atomic E-state index is -3.72. The number of rotatable bonds is 4. The lowest BCUT2D eigenvalue weighted by molar-refractivity contribution is 0.370. The van der Waals surface area contributed by atoms with E-state index in [0.717, 1.165) is 5.56 Å². The Morgan fingerprint density at radius 1 is 1.41 bits per heavy atom. The van der Waals surface area contributed by atoms with Gasteiger partial charge >= 0.3 is 0 Å². The Hall–Kier alpha value is -0.940. The molecule has 0 aromatic heterocycles. The van der Waals surface area contributed by atoms with E-state index in [1.807, 2.05) is 13.8 Å². The van der Waals surface area contributed by atoms with Crippen LogP contribution in [0.3, 0.4) is 0 Å². The fraction of sp³-hybridized carbons (Fsp3) is 0.455. The second-order valence-corrected chi connectivity index (χ2v) is 6.80. The van der Waals surface area contributed by atoms with Crippen molar-refractivity contribution < 1.29 is 18.3 Å². The summed E-state index contributed by atoms with van der Waals surface area (Å²) in [4.78, 5) is 0. The molecule has 1 rings (SSSR count). The number of hydrogen-bond donors (Lipinski definition) is 1. The van der Waals surface area contributed by atoms with Crippen LogP contribution in [0.5, 0.6) is 11.5 Å². The molecule has 0 aliphatic carbocycles. The SMILES string of the molecule is COc1ccc(C(C)C)c(CS(=O)(=O)Cl)c1O. The lowest BCUT2D eigenvalue weighted by Gasteiger charge is -2.15. The summed E-state index contributed by atoms with van der Waals surface area (Å²) in [6.07, 6.45) is 0. The third-order valence-electron chi connectivity index (χ3n) is 2.44. The van der Waals surface area contributed by atoms with Gasteiger partial charge in [-0.1, -0.05) is 19.9 Å². The minimum Gasteiger partial charge on any atom is -0.504 e. The minimum absolute atomic E-state index is 0.0835. The number of methoxy groups -OCH3 is 1. The van der Waals surface area contributed by atoms with Crippen LogP contribution in [0.15, 0.2) is 12.1 Å². The van der Waals surface area contributed by atoms with E-state index in [4.69, 9.17) is 15.4 Å². The first-order chi connectivity index (χ1) is 7.76. The van der Waals surface area contributed by atoms with Gasteiger partial charge in [0, 0.05) is 16.2 Å². The molecule has 0 saturated heterocycles. The van der Waals surface area contributed by atoms with Crippen LogP contribution in [0, 0.1) is 0 Å². The average molecular weight is 279 g/mol. The van der Waals surface area contributed by atoms with Crippen LogP contribution < -0.4 is 4.74 Å². The highest BCUT2D eigenvalue weighted by molar-refractivity contribution is 8.13. The van der Waals surface area contributed by atoms with Crippen molar-refractivity contribution in [2.24, 2.45) is 0 Å². The van der Waals surface area contributed by atoms with Crippen molar-refractivity contribution in [3.63, 3.8) is 0 Å². The normalized spacial score (nSPS) is 11.8. The molecule has 0 saturated carbocycles. The lowest BCUT2D eigenvalue weighted by atomic mass is 9.97. The number of phenols is 1. The highest BCUT2D eigenvalue weighted by Gasteiger charge is 2.20. The topological polar surface area (TPSA) is 63.6 Å². The van der Waals surface area contributed by atoms with E-state index in [-0.39, 0.29) is 17.4 Å². The summed E-state index contributed by atoms with van der Waals surface area (Å²) in [5, 5.41) is 9.93. The predicted octanol–water partition coefficient (Wildman–Crippen LogP) is 2.59. The molecule has 96 valence electrons.